The Kier molecular flexibility index (Phi) is 20.1. The van der Waals surface area contributed by atoms with Crippen LogP contribution in [0.1, 0.15) is 72.0 Å². The molecule has 0 aliphatic heterocycles. The zero-order valence-electron chi connectivity index (χ0n) is 37.4. The minimum atomic E-state index is -8.70. The van der Waals surface area contributed by atoms with Gasteiger partial charge in [-0.1, -0.05) is 52.0 Å². The van der Waals surface area contributed by atoms with Crippen molar-refractivity contribution in [3.05, 3.63) is 77.9 Å². The predicted octanol–water partition coefficient (Wildman–Crippen LogP) is 13.7. The van der Waals surface area contributed by atoms with Crippen molar-refractivity contribution >= 4 is 26.0 Å². The van der Waals surface area contributed by atoms with Crippen LogP contribution in [0.3, 0.4) is 0 Å². The number of hydroxylamine groups is 1. The Balaban J connectivity index is 2.27. The summed E-state index contributed by atoms with van der Waals surface area (Å²) in [5, 5.41) is 11.3. The first-order chi connectivity index (χ1) is 31.4. The first-order valence-electron chi connectivity index (χ1n) is 20.4. The van der Waals surface area contributed by atoms with Crippen LogP contribution in [0, 0.1) is 0 Å². The molecule has 392 valence electrons. The van der Waals surface area contributed by atoms with E-state index in [1.165, 1.54) is 64.6 Å². The van der Waals surface area contributed by atoms with Crippen LogP contribution < -0.4 is 20.3 Å². The second kappa shape index (κ2) is 23.0. The third kappa shape index (κ3) is 13.3. The van der Waals surface area contributed by atoms with Crippen LogP contribution in [0.25, 0.3) is 0 Å². The van der Waals surface area contributed by atoms with Gasteiger partial charge < -0.3 is 18.6 Å². The molecule has 0 aliphatic rings. The SMILES string of the molecule is COc1ccc(NC(=O)O[C@@H](CCC/C=C/C(C)=C/C(=O)NO)c2ccc(OCCO[Si](CCC(F)(F)C(F)(F)C(F)(F)C(F)(F)C(F)(F)C(F)(F)C(F)(F)C(F)(F)F)(C(C)C)C(C)C)cc2)cc1. The van der Waals surface area contributed by atoms with Crippen LogP contribution in [-0.2, 0) is 14.0 Å². The quantitative estimate of drug-likeness (QED) is 0.0163. The van der Waals surface area contributed by atoms with Gasteiger partial charge in [0.05, 0.1) is 13.7 Å². The Morgan fingerprint density at radius 1 is 0.696 bits per heavy atom. The maximum atomic E-state index is 15.0. The van der Waals surface area contributed by atoms with E-state index in [-0.39, 0.29) is 12.2 Å². The number of hydrogen-bond acceptors (Lipinski definition) is 7. The van der Waals surface area contributed by atoms with E-state index < -0.39 is 111 Å². The van der Waals surface area contributed by atoms with Crippen molar-refractivity contribution in [2.45, 2.75) is 131 Å². The molecule has 3 N–H and O–H groups in total. The molecule has 0 saturated carbocycles. The maximum Gasteiger partial charge on any atom is 0.460 e. The number of carbonyl (C=O) groups excluding carboxylic acids is 2. The molecule has 0 radical (unpaired) electrons. The molecule has 1 atom stereocenters. The first-order valence-corrected chi connectivity index (χ1v) is 22.7. The monoisotopic (exact) mass is 1040 g/mol. The Hall–Kier alpha value is -4.79. The highest BCUT2D eigenvalue weighted by atomic mass is 28.4. The second-order valence-electron chi connectivity index (χ2n) is 16.1. The summed E-state index contributed by atoms with van der Waals surface area (Å²) in [6, 6.07) is 10.8. The van der Waals surface area contributed by atoms with Gasteiger partial charge in [-0.15, -0.1) is 0 Å². The molecular weight excluding hydrogens is 996 g/mol. The van der Waals surface area contributed by atoms with E-state index in [4.69, 9.17) is 23.8 Å². The highest BCUT2D eigenvalue weighted by Crippen LogP contribution is 2.64. The summed E-state index contributed by atoms with van der Waals surface area (Å²) < 4.78 is 259. The summed E-state index contributed by atoms with van der Waals surface area (Å²) in [6.07, 6.45) is -6.44. The third-order valence-electron chi connectivity index (χ3n) is 10.8. The number of anilines is 1. The molecule has 2 aromatic carbocycles. The lowest BCUT2D eigenvalue weighted by Gasteiger charge is -2.44. The smallest absolute Gasteiger partial charge is 0.460 e. The zero-order valence-corrected chi connectivity index (χ0v) is 38.4. The number of ether oxygens (including phenoxy) is 3. The number of carbonyl (C=O) groups is 2. The average molecular weight is 1040 g/mol. The van der Waals surface area contributed by atoms with E-state index in [9.17, 15) is 75.4 Å². The van der Waals surface area contributed by atoms with Crippen molar-refractivity contribution in [3.8, 4) is 11.5 Å². The molecule has 0 unspecified atom stereocenters. The van der Waals surface area contributed by atoms with Crippen molar-refractivity contribution < 1.29 is 108 Å². The van der Waals surface area contributed by atoms with Gasteiger partial charge in [-0.3, -0.25) is 15.3 Å². The number of alkyl halides is 17. The minimum absolute atomic E-state index is 0.131. The van der Waals surface area contributed by atoms with Crippen molar-refractivity contribution in [3.63, 3.8) is 0 Å². The minimum Gasteiger partial charge on any atom is -0.497 e. The van der Waals surface area contributed by atoms with Crippen molar-refractivity contribution in [1.82, 2.24) is 5.48 Å². The lowest BCUT2D eigenvalue weighted by molar-refractivity contribution is -0.461. The summed E-state index contributed by atoms with van der Waals surface area (Å²) >= 11 is 0. The number of unbranched alkanes of at least 4 members (excludes halogenated alkanes) is 1. The average Bonchev–Trinajstić information content (AvgIpc) is 3.24. The van der Waals surface area contributed by atoms with E-state index in [2.05, 4.69) is 5.32 Å². The summed E-state index contributed by atoms with van der Waals surface area (Å²) in [6.45, 7) is 5.94. The number of nitrogens with one attached hydrogen (secondary N) is 2. The fourth-order valence-electron chi connectivity index (χ4n) is 6.75. The number of benzene rings is 2. The fourth-order valence-corrected chi connectivity index (χ4v) is 11.2. The maximum absolute atomic E-state index is 15.0. The predicted molar refractivity (Wildman–Crippen MR) is 216 cm³/mol. The van der Waals surface area contributed by atoms with Gasteiger partial charge in [-0.25, -0.2) is 10.3 Å². The van der Waals surface area contributed by atoms with Gasteiger partial charge in [0.25, 0.3) is 5.91 Å². The standard InChI is InChI=1S/C42H49F17N2O7Si/c1-25(2)69(26(3)4,23-20-35(43,44)36(45,46)37(47,48)38(49,50)39(51,52)40(53,54)41(55,56)42(57,58)59)67-22-21-66-31-16-12-28(13-17-31)32(11-9-7-8-10-27(5)24-33(62)61-64)68-34(63)60-29-14-18-30(65-6)19-15-29/h8,10,12-19,24-26,32,64H,7,9,11,20-23H2,1-6H3,(H,60,63)(H,61,62)/b10-8+,27-24+/t32-/m0/s1. The second-order valence-corrected chi connectivity index (χ2v) is 21.1. The Morgan fingerprint density at radius 2 is 1.19 bits per heavy atom. The number of halogens is 17. The molecule has 0 saturated heterocycles. The van der Waals surface area contributed by atoms with Crippen LogP contribution in [0.5, 0.6) is 11.5 Å². The molecule has 27 heteroatoms. The van der Waals surface area contributed by atoms with Gasteiger partial charge in [-0.05, 0) is 90.8 Å². The molecule has 0 fully saturated rings. The zero-order chi connectivity index (χ0) is 53.2. The molecule has 9 nitrogen and oxygen atoms in total. The normalized spacial score (nSPS) is 14.6. The summed E-state index contributed by atoms with van der Waals surface area (Å²) in [5.41, 5.74) is 1.04. The van der Waals surface area contributed by atoms with Gasteiger partial charge in [-0.2, -0.15) is 74.6 Å². The summed E-state index contributed by atoms with van der Waals surface area (Å²) in [7, 11) is -2.57. The molecule has 2 aromatic rings. The van der Waals surface area contributed by atoms with Gasteiger partial charge >= 0.3 is 53.7 Å². The van der Waals surface area contributed by atoms with Crippen LogP contribution in [-0.4, -0.2) is 93.5 Å². The fraction of sp³-hybridized carbons (Fsp3) is 0.571. The van der Waals surface area contributed by atoms with E-state index in [0.29, 0.717) is 35.4 Å². The molecular formula is C42H49F17N2O7Si. The Bertz CT molecular complexity index is 2040. The molecule has 2 rings (SSSR count). The highest BCUT2D eigenvalue weighted by Gasteiger charge is 2.95. The number of amides is 2. The molecule has 0 bridgehead atoms. The molecule has 2 amide bonds. The van der Waals surface area contributed by atoms with Gasteiger partial charge in [0.2, 0.25) is 0 Å². The van der Waals surface area contributed by atoms with Crippen LogP contribution >= 0.6 is 0 Å². The van der Waals surface area contributed by atoms with E-state index >= 15 is 8.78 Å². The van der Waals surface area contributed by atoms with E-state index in [1.807, 2.05) is 0 Å². The van der Waals surface area contributed by atoms with Gasteiger partial charge in [0.1, 0.15) is 24.2 Å². The van der Waals surface area contributed by atoms with Crippen LogP contribution in [0.2, 0.25) is 17.1 Å². The topological polar surface area (TPSA) is 115 Å². The third-order valence-corrected chi connectivity index (χ3v) is 16.5. The van der Waals surface area contributed by atoms with Gasteiger partial charge in [0.15, 0.2) is 8.32 Å². The van der Waals surface area contributed by atoms with Crippen molar-refractivity contribution in [2.75, 3.05) is 25.6 Å². The lowest BCUT2D eigenvalue weighted by atomic mass is 9.88. The van der Waals surface area contributed by atoms with Gasteiger partial charge in [0, 0.05) is 18.2 Å². The van der Waals surface area contributed by atoms with E-state index in [1.54, 1.807) is 43.3 Å². The molecule has 69 heavy (non-hydrogen) atoms. The Labute approximate surface area is 385 Å². The molecule has 0 aliphatic carbocycles. The molecule has 0 heterocycles. The number of allylic oxidation sites excluding steroid dienone is 3. The van der Waals surface area contributed by atoms with Crippen molar-refractivity contribution in [1.29, 1.82) is 0 Å². The lowest BCUT2D eigenvalue weighted by Crippen LogP contribution is -2.74. The molecule has 0 aromatic heterocycles. The van der Waals surface area contributed by atoms with Crippen LogP contribution in [0.4, 0.5) is 85.1 Å². The summed E-state index contributed by atoms with van der Waals surface area (Å²) in [4.78, 5) is 24.2. The van der Waals surface area contributed by atoms with E-state index in [0.717, 1.165) is 6.08 Å². The van der Waals surface area contributed by atoms with Crippen LogP contribution in [0.15, 0.2) is 72.3 Å². The summed E-state index contributed by atoms with van der Waals surface area (Å²) in [5.74, 6) is -57.0. The number of hydrogen-bond donors (Lipinski definition) is 3. The largest absolute Gasteiger partial charge is 0.497 e. The number of methoxy groups -OCH3 is 1. The Morgan fingerprint density at radius 3 is 1.67 bits per heavy atom. The highest BCUT2D eigenvalue weighted by molar-refractivity contribution is 6.76. The number of rotatable bonds is 26. The van der Waals surface area contributed by atoms with Crippen molar-refractivity contribution in [2.24, 2.45) is 0 Å². The first kappa shape index (κ1) is 60.3. The molecule has 0 spiro atoms.